The summed E-state index contributed by atoms with van der Waals surface area (Å²) in [4.78, 5) is 8.50. The first-order valence-electron chi connectivity index (χ1n) is 6.90. The highest BCUT2D eigenvalue weighted by molar-refractivity contribution is 5.68. The maximum Gasteiger partial charge on any atom is 0.166 e. The lowest BCUT2D eigenvalue weighted by Gasteiger charge is -2.07. The molecule has 0 atom stereocenters. The van der Waals surface area contributed by atoms with Gasteiger partial charge in [0.25, 0.3) is 0 Å². The Morgan fingerprint density at radius 3 is 1.95 bits per heavy atom. The van der Waals surface area contributed by atoms with E-state index in [9.17, 15) is 8.78 Å². The minimum absolute atomic E-state index is 0.250. The van der Waals surface area contributed by atoms with Crippen LogP contribution in [-0.4, -0.2) is 9.97 Å². The van der Waals surface area contributed by atoms with Crippen molar-refractivity contribution in [3.05, 3.63) is 71.6 Å². The standard InChI is InChI=1S/C18H14F2N2/c1-11-9-21-18(22-10-11)14-6-4-13(5-7-14)15-8-3-12(2)16(19)17(15)20/h3-10H,1-2H3. The Balaban J connectivity index is 1.98. The van der Waals surface area contributed by atoms with Crippen molar-refractivity contribution in [3.63, 3.8) is 0 Å². The molecule has 0 saturated heterocycles. The molecule has 0 aliphatic carbocycles. The first-order valence-corrected chi connectivity index (χ1v) is 6.90. The Morgan fingerprint density at radius 2 is 1.32 bits per heavy atom. The summed E-state index contributed by atoms with van der Waals surface area (Å²) in [5.41, 5.74) is 2.98. The number of hydrogen-bond acceptors (Lipinski definition) is 2. The molecule has 0 bridgehead atoms. The van der Waals surface area contributed by atoms with Crippen molar-refractivity contribution in [2.24, 2.45) is 0 Å². The van der Waals surface area contributed by atoms with Gasteiger partial charge in [0.15, 0.2) is 17.5 Å². The average molecular weight is 296 g/mol. The SMILES string of the molecule is Cc1cnc(-c2ccc(-c3ccc(C)c(F)c3F)cc2)nc1. The minimum Gasteiger partial charge on any atom is -0.236 e. The molecule has 0 unspecified atom stereocenters. The van der Waals surface area contributed by atoms with Crippen molar-refractivity contribution in [2.45, 2.75) is 13.8 Å². The first-order chi connectivity index (χ1) is 10.6. The predicted molar refractivity (Wildman–Crippen MR) is 82.3 cm³/mol. The van der Waals surface area contributed by atoms with Crippen LogP contribution >= 0.6 is 0 Å². The van der Waals surface area contributed by atoms with Crippen LogP contribution in [0.4, 0.5) is 8.78 Å². The van der Waals surface area contributed by atoms with Crippen LogP contribution in [0, 0.1) is 25.5 Å². The number of hydrogen-bond donors (Lipinski definition) is 0. The largest absolute Gasteiger partial charge is 0.236 e. The van der Waals surface area contributed by atoms with E-state index in [2.05, 4.69) is 9.97 Å². The van der Waals surface area contributed by atoms with Gasteiger partial charge in [-0.15, -0.1) is 0 Å². The molecule has 0 aliphatic rings. The highest BCUT2D eigenvalue weighted by atomic mass is 19.2. The van der Waals surface area contributed by atoms with Crippen molar-refractivity contribution >= 4 is 0 Å². The summed E-state index contributed by atoms with van der Waals surface area (Å²) in [5.74, 6) is -1.02. The van der Waals surface area contributed by atoms with Gasteiger partial charge >= 0.3 is 0 Å². The van der Waals surface area contributed by atoms with Gasteiger partial charge in [0.05, 0.1) is 0 Å². The van der Waals surface area contributed by atoms with E-state index in [0.29, 0.717) is 17.0 Å². The zero-order chi connectivity index (χ0) is 15.7. The number of aryl methyl sites for hydroxylation is 2. The molecule has 0 saturated carbocycles. The number of nitrogens with zero attached hydrogens (tertiary/aromatic N) is 2. The van der Waals surface area contributed by atoms with Crippen molar-refractivity contribution in [2.75, 3.05) is 0 Å². The summed E-state index contributed by atoms with van der Waals surface area (Å²) in [6.07, 6.45) is 3.48. The quantitative estimate of drug-likeness (QED) is 0.684. The Labute approximate surface area is 127 Å². The third kappa shape index (κ3) is 2.60. The van der Waals surface area contributed by atoms with E-state index in [1.165, 1.54) is 0 Å². The van der Waals surface area contributed by atoms with E-state index < -0.39 is 11.6 Å². The molecule has 2 nitrogen and oxygen atoms in total. The molecule has 22 heavy (non-hydrogen) atoms. The summed E-state index contributed by atoms with van der Waals surface area (Å²) < 4.78 is 27.7. The second-order valence-corrected chi connectivity index (χ2v) is 5.22. The van der Waals surface area contributed by atoms with Crippen LogP contribution in [0.25, 0.3) is 22.5 Å². The van der Waals surface area contributed by atoms with E-state index in [1.54, 1.807) is 55.7 Å². The van der Waals surface area contributed by atoms with Gasteiger partial charge in [-0.05, 0) is 30.5 Å². The second kappa shape index (κ2) is 5.64. The molecule has 4 heteroatoms. The zero-order valence-electron chi connectivity index (χ0n) is 12.3. The van der Waals surface area contributed by atoms with E-state index in [1.807, 2.05) is 6.92 Å². The maximum atomic E-state index is 14.0. The van der Waals surface area contributed by atoms with Crippen LogP contribution in [0.1, 0.15) is 11.1 Å². The van der Waals surface area contributed by atoms with Crippen LogP contribution in [0.2, 0.25) is 0 Å². The molecule has 3 rings (SSSR count). The van der Waals surface area contributed by atoms with Gasteiger partial charge in [-0.3, -0.25) is 0 Å². The summed E-state index contributed by atoms with van der Waals surface area (Å²) in [6, 6.07) is 10.3. The molecule has 1 aromatic heterocycles. The molecule has 110 valence electrons. The van der Waals surface area contributed by atoms with E-state index in [4.69, 9.17) is 0 Å². The second-order valence-electron chi connectivity index (χ2n) is 5.22. The normalized spacial score (nSPS) is 10.7. The van der Waals surface area contributed by atoms with Crippen molar-refractivity contribution < 1.29 is 8.78 Å². The van der Waals surface area contributed by atoms with E-state index >= 15 is 0 Å². The Hall–Kier alpha value is -2.62. The maximum absolute atomic E-state index is 14.0. The summed E-state index contributed by atoms with van der Waals surface area (Å²) in [6.45, 7) is 3.46. The molecule has 1 heterocycles. The highest BCUT2D eigenvalue weighted by Crippen LogP contribution is 2.27. The molecule has 2 aromatic carbocycles. The minimum atomic E-state index is -0.820. The molecule has 0 radical (unpaired) electrons. The molecule has 0 spiro atoms. The van der Waals surface area contributed by atoms with E-state index in [-0.39, 0.29) is 5.56 Å². The number of aromatic nitrogens is 2. The topological polar surface area (TPSA) is 25.8 Å². The first kappa shape index (κ1) is 14.3. The van der Waals surface area contributed by atoms with Gasteiger partial charge in [-0.25, -0.2) is 18.7 Å². The van der Waals surface area contributed by atoms with Crippen LogP contribution in [-0.2, 0) is 0 Å². The van der Waals surface area contributed by atoms with Gasteiger partial charge in [0, 0.05) is 23.5 Å². The fourth-order valence-corrected chi connectivity index (χ4v) is 2.21. The Bertz CT molecular complexity index is 810. The summed E-state index contributed by atoms with van der Waals surface area (Å²) in [7, 11) is 0. The average Bonchev–Trinajstić information content (AvgIpc) is 2.54. The molecular weight excluding hydrogens is 282 g/mol. The summed E-state index contributed by atoms with van der Waals surface area (Å²) >= 11 is 0. The van der Waals surface area contributed by atoms with Crippen molar-refractivity contribution in [1.29, 1.82) is 0 Å². The monoisotopic (exact) mass is 296 g/mol. The van der Waals surface area contributed by atoms with Gasteiger partial charge in [0.2, 0.25) is 0 Å². The van der Waals surface area contributed by atoms with Crippen molar-refractivity contribution in [3.8, 4) is 22.5 Å². The Kier molecular flexibility index (Phi) is 3.67. The van der Waals surface area contributed by atoms with Crippen LogP contribution in [0.3, 0.4) is 0 Å². The van der Waals surface area contributed by atoms with Gasteiger partial charge in [-0.2, -0.15) is 0 Å². The smallest absolute Gasteiger partial charge is 0.166 e. The highest BCUT2D eigenvalue weighted by Gasteiger charge is 2.12. The fourth-order valence-electron chi connectivity index (χ4n) is 2.21. The number of rotatable bonds is 2. The third-order valence-electron chi connectivity index (χ3n) is 3.51. The van der Waals surface area contributed by atoms with Crippen molar-refractivity contribution in [1.82, 2.24) is 9.97 Å². The Morgan fingerprint density at radius 1 is 0.727 bits per heavy atom. The molecule has 3 aromatic rings. The lowest BCUT2D eigenvalue weighted by Crippen LogP contribution is -1.93. The molecule has 0 amide bonds. The van der Waals surface area contributed by atoms with Gasteiger partial charge in [0.1, 0.15) is 0 Å². The predicted octanol–water partition coefficient (Wildman–Crippen LogP) is 4.71. The fraction of sp³-hybridized carbons (Fsp3) is 0.111. The third-order valence-corrected chi connectivity index (χ3v) is 3.51. The zero-order valence-corrected chi connectivity index (χ0v) is 12.3. The molecule has 0 fully saturated rings. The molecule has 0 N–H and O–H groups in total. The summed E-state index contributed by atoms with van der Waals surface area (Å²) in [5, 5.41) is 0. The number of benzene rings is 2. The van der Waals surface area contributed by atoms with Gasteiger partial charge < -0.3 is 0 Å². The van der Waals surface area contributed by atoms with Crippen LogP contribution in [0.5, 0.6) is 0 Å². The van der Waals surface area contributed by atoms with Crippen LogP contribution < -0.4 is 0 Å². The van der Waals surface area contributed by atoms with Gasteiger partial charge in [-0.1, -0.05) is 36.4 Å². The molecule has 0 aliphatic heterocycles. The number of halogens is 2. The lowest BCUT2D eigenvalue weighted by atomic mass is 10.0. The van der Waals surface area contributed by atoms with E-state index in [0.717, 1.165) is 11.1 Å². The lowest BCUT2D eigenvalue weighted by molar-refractivity contribution is 0.505. The molecular formula is C18H14F2N2. The van der Waals surface area contributed by atoms with Crippen LogP contribution in [0.15, 0.2) is 48.8 Å².